The molecule has 0 fully saturated rings. The molecule has 1 atom stereocenters. The van der Waals surface area contributed by atoms with Crippen molar-refractivity contribution in [2.75, 3.05) is 11.4 Å². The van der Waals surface area contributed by atoms with Gasteiger partial charge in [-0.2, -0.15) is 0 Å². The number of anilines is 2. The lowest BCUT2D eigenvalue weighted by atomic mass is 10.2. The molecule has 0 aliphatic carbocycles. The van der Waals surface area contributed by atoms with E-state index in [0.29, 0.717) is 5.76 Å². The third kappa shape index (κ3) is 3.64. The van der Waals surface area contributed by atoms with Crippen molar-refractivity contribution in [1.29, 1.82) is 0 Å². The molecule has 2 amide bonds. The van der Waals surface area contributed by atoms with Crippen LogP contribution in [0, 0.1) is 0 Å². The van der Waals surface area contributed by atoms with Crippen LogP contribution in [0.5, 0.6) is 0 Å². The van der Waals surface area contributed by atoms with Crippen LogP contribution in [-0.4, -0.2) is 17.7 Å². The number of furan rings is 1. The summed E-state index contributed by atoms with van der Waals surface area (Å²) >= 11 is 0. The van der Waals surface area contributed by atoms with E-state index in [4.69, 9.17) is 4.42 Å². The van der Waals surface area contributed by atoms with E-state index >= 15 is 0 Å². The molecule has 0 saturated heterocycles. The van der Waals surface area contributed by atoms with Gasteiger partial charge in [-0.25, -0.2) is 4.79 Å². The minimum Gasteiger partial charge on any atom is -0.467 e. The molecule has 3 aromatic rings. The Bertz CT molecular complexity index is 718. The van der Waals surface area contributed by atoms with E-state index in [2.05, 4.69) is 5.32 Å². The van der Waals surface area contributed by atoms with Gasteiger partial charge in [0.2, 0.25) is 0 Å². The first-order chi connectivity index (χ1) is 11.8. The van der Waals surface area contributed by atoms with Gasteiger partial charge in [-0.3, -0.25) is 4.90 Å². The van der Waals surface area contributed by atoms with Crippen molar-refractivity contribution in [3.63, 3.8) is 0 Å². The predicted octanol–water partition coefficient (Wildman–Crippen LogP) is 3.86. The molecule has 1 heterocycles. The first-order valence-corrected chi connectivity index (χ1v) is 7.65. The highest BCUT2D eigenvalue weighted by molar-refractivity contribution is 5.99. The van der Waals surface area contributed by atoms with Crippen molar-refractivity contribution in [3.05, 3.63) is 84.8 Å². The molecule has 5 nitrogen and oxygen atoms in total. The number of nitrogens with zero attached hydrogens (tertiary/aromatic N) is 1. The van der Waals surface area contributed by atoms with Crippen LogP contribution in [0.4, 0.5) is 16.2 Å². The SMILES string of the molecule is O=C(NCC(O)c1ccco1)N(c1ccccc1)c1ccccc1. The van der Waals surface area contributed by atoms with Gasteiger partial charge in [0.15, 0.2) is 0 Å². The van der Waals surface area contributed by atoms with E-state index in [0.717, 1.165) is 11.4 Å². The Morgan fingerprint density at radius 2 is 1.54 bits per heavy atom. The Balaban J connectivity index is 1.77. The van der Waals surface area contributed by atoms with E-state index in [9.17, 15) is 9.90 Å². The number of aliphatic hydroxyl groups is 1. The first-order valence-electron chi connectivity index (χ1n) is 7.65. The first kappa shape index (κ1) is 15.8. The van der Waals surface area contributed by atoms with Crippen molar-refractivity contribution >= 4 is 17.4 Å². The summed E-state index contributed by atoms with van der Waals surface area (Å²) in [6.07, 6.45) is 0.595. The van der Waals surface area contributed by atoms with E-state index in [1.165, 1.54) is 6.26 Å². The number of carbonyl (C=O) groups is 1. The van der Waals surface area contributed by atoms with Crippen molar-refractivity contribution in [2.24, 2.45) is 0 Å². The molecule has 24 heavy (non-hydrogen) atoms. The lowest BCUT2D eigenvalue weighted by Crippen LogP contribution is -2.38. The predicted molar refractivity (Wildman–Crippen MR) is 92.1 cm³/mol. The third-order valence-electron chi connectivity index (χ3n) is 3.55. The number of benzene rings is 2. The second-order valence-corrected chi connectivity index (χ2v) is 5.22. The Morgan fingerprint density at radius 1 is 0.958 bits per heavy atom. The Labute approximate surface area is 140 Å². The summed E-state index contributed by atoms with van der Waals surface area (Å²) in [4.78, 5) is 14.3. The standard InChI is InChI=1S/C19H18N2O3/c22-17(18-12-7-13-24-18)14-20-19(23)21(15-8-3-1-4-9-15)16-10-5-2-6-11-16/h1-13,17,22H,14H2,(H,20,23). The highest BCUT2D eigenvalue weighted by Crippen LogP contribution is 2.25. The minimum atomic E-state index is -0.891. The highest BCUT2D eigenvalue weighted by Gasteiger charge is 2.19. The van der Waals surface area contributed by atoms with E-state index in [1.807, 2.05) is 60.7 Å². The zero-order valence-electron chi connectivity index (χ0n) is 13.0. The van der Waals surface area contributed by atoms with E-state index in [1.54, 1.807) is 17.0 Å². The van der Waals surface area contributed by atoms with Gasteiger partial charge < -0.3 is 14.8 Å². The smallest absolute Gasteiger partial charge is 0.326 e. The molecule has 0 saturated carbocycles. The number of hydrogen-bond donors (Lipinski definition) is 2. The zero-order chi connectivity index (χ0) is 16.8. The fraction of sp³-hybridized carbons (Fsp3) is 0.105. The summed E-state index contributed by atoms with van der Waals surface area (Å²) in [5.74, 6) is 0.418. The van der Waals surface area contributed by atoms with Crippen LogP contribution in [0.1, 0.15) is 11.9 Å². The van der Waals surface area contributed by atoms with Crippen LogP contribution in [0.2, 0.25) is 0 Å². The number of carbonyl (C=O) groups excluding carboxylic acids is 1. The summed E-state index contributed by atoms with van der Waals surface area (Å²) < 4.78 is 5.14. The summed E-state index contributed by atoms with van der Waals surface area (Å²) in [6.45, 7) is 0.0580. The maximum Gasteiger partial charge on any atom is 0.326 e. The van der Waals surface area contributed by atoms with Crippen LogP contribution in [0.25, 0.3) is 0 Å². The summed E-state index contributed by atoms with van der Waals surface area (Å²) in [6, 6.07) is 21.7. The van der Waals surface area contributed by atoms with Gasteiger partial charge in [0.25, 0.3) is 0 Å². The van der Waals surface area contributed by atoms with Gasteiger partial charge in [-0.1, -0.05) is 36.4 Å². The monoisotopic (exact) mass is 322 g/mol. The van der Waals surface area contributed by atoms with Gasteiger partial charge >= 0.3 is 6.03 Å². The molecule has 3 rings (SSSR count). The molecule has 0 aliphatic heterocycles. The number of aliphatic hydroxyl groups excluding tert-OH is 1. The second kappa shape index (κ2) is 7.48. The van der Waals surface area contributed by atoms with Crippen molar-refractivity contribution in [2.45, 2.75) is 6.10 Å². The van der Waals surface area contributed by atoms with Gasteiger partial charge in [-0.05, 0) is 36.4 Å². The second-order valence-electron chi connectivity index (χ2n) is 5.22. The average molecular weight is 322 g/mol. The summed E-state index contributed by atoms with van der Waals surface area (Å²) in [7, 11) is 0. The molecule has 2 aromatic carbocycles. The molecule has 0 spiro atoms. The van der Waals surface area contributed by atoms with Crippen molar-refractivity contribution in [3.8, 4) is 0 Å². The topological polar surface area (TPSA) is 65.7 Å². The maximum atomic E-state index is 12.7. The van der Waals surface area contributed by atoms with Crippen LogP contribution in [0.3, 0.4) is 0 Å². The molecular formula is C19H18N2O3. The molecule has 1 aromatic heterocycles. The number of rotatable bonds is 5. The fourth-order valence-corrected chi connectivity index (χ4v) is 2.38. The molecule has 0 aliphatic rings. The number of para-hydroxylation sites is 2. The molecule has 122 valence electrons. The fourth-order valence-electron chi connectivity index (χ4n) is 2.38. The highest BCUT2D eigenvalue weighted by atomic mass is 16.4. The van der Waals surface area contributed by atoms with Crippen LogP contribution < -0.4 is 10.2 Å². The number of urea groups is 1. The maximum absolute atomic E-state index is 12.7. The third-order valence-corrected chi connectivity index (χ3v) is 3.55. The molecule has 5 heteroatoms. The van der Waals surface area contributed by atoms with E-state index in [-0.39, 0.29) is 12.6 Å². The quantitative estimate of drug-likeness (QED) is 0.749. The normalized spacial score (nSPS) is 11.7. The Kier molecular flexibility index (Phi) is 4.93. The minimum absolute atomic E-state index is 0.0580. The average Bonchev–Trinajstić information content (AvgIpc) is 3.16. The number of nitrogens with one attached hydrogen (secondary N) is 1. The van der Waals surface area contributed by atoms with Gasteiger partial charge in [0.05, 0.1) is 24.2 Å². The van der Waals surface area contributed by atoms with Crippen LogP contribution >= 0.6 is 0 Å². The van der Waals surface area contributed by atoms with Gasteiger partial charge in [0.1, 0.15) is 11.9 Å². The molecule has 2 N–H and O–H groups in total. The number of amides is 2. The van der Waals surface area contributed by atoms with Crippen molar-refractivity contribution < 1.29 is 14.3 Å². The van der Waals surface area contributed by atoms with Crippen LogP contribution in [-0.2, 0) is 0 Å². The Hall–Kier alpha value is -3.05. The van der Waals surface area contributed by atoms with Gasteiger partial charge in [-0.15, -0.1) is 0 Å². The molecule has 0 radical (unpaired) electrons. The van der Waals surface area contributed by atoms with Crippen LogP contribution in [0.15, 0.2) is 83.5 Å². The Morgan fingerprint density at radius 3 is 2.04 bits per heavy atom. The molecule has 1 unspecified atom stereocenters. The molecule has 0 bridgehead atoms. The lowest BCUT2D eigenvalue weighted by Gasteiger charge is -2.24. The van der Waals surface area contributed by atoms with E-state index < -0.39 is 6.10 Å². The lowest BCUT2D eigenvalue weighted by molar-refractivity contribution is 0.149. The zero-order valence-corrected chi connectivity index (χ0v) is 13.0. The van der Waals surface area contributed by atoms with Gasteiger partial charge in [0, 0.05) is 0 Å². The number of hydrogen-bond acceptors (Lipinski definition) is 3. The summed E-state index contributed by atoms with van der Waals surface area (Å²) in [5, 5.41) is 12.8. The molecular weight excluding hydrogens is 304 g/mol. The van der Waals surface area contributed by atoms with Crippen molar-refractivity contribution in [1.82, 2.24) is 5.32 Å². The largest absolute Gasteiger partial charge is 0.467 e. The summed E-state index contributed by atoms with van der Waals surface area (Å²) in [5.41, 5.74) is 1.49.